The van der Waals surface area contributed by atoms with Gasteiger partial charge in [0.1, 0.15) is 5.78 Å². The fraction of sp³-hybridized carbons (Fsp3) is 0.529. The van der Waals surface area contributed by atoms with Crippen LogP contribution in [-0.2, 0) is 21.9 Å². The van der Waals surface area contributed by atoms with E-state index in [1.54, 1.807) is 0 Å². The highest BCUT2D eigenvalue weighted by Crippen LogP contribution is 2.27. The fourth-order valence-corrected chi connectivity index (χ4v) is 2.33. The predicted molar refractivity (Wildman–Crippen MR) is 79.9 cm³/mol. The van der Waals surface area contributed by atoms with Crippen LogP contribution in [0, 0.1) is 11.8 Å². The van der Waals surface area contributed by atoms with E-state index in [1.165, 1.54) is 24.3 Å². The Kier molecular flexibility index (Phi) is 6.21. The van der Waals surface area contributed by atoms with E-state index in [9.17, 15) is 18.4 Å². The number of benzene rings is 1. The van der Waals surface area contributed by atoms with Gasteiger partial charge in [-0.05, 0) is 17.9 Å². The summed E-state index contributed by atoms with van der Waals surface area (Å²) in [6.07, 6.45) is 0.485. The molecule has 1 rings (SSSR count). The average Bonchev–Trinajstić information content (AvgIpc) is 2.36. The lowest BCUT2D eigenvalue weighted by Gasteiger charge is -2.14. The Labute approximate surface area is 129 Å². The second-order valence-corrected chi connectivity index (χ2v) is 6.17. The molecule has 1 aromatic carbocycles. The lowest BCUT2D eigenvalue weighted by molar-refractivity contribution is -0.144. The van der Waals surface area contributed by atoms with Crippen molar-refractivity contribution in [3.63, 3.8) is 0 Å². The maximum absolute atomic E-state index is 13.1. The summed E-state index contributed by atoms with van der Waals surface area (Å²) >= 11 is 0. The van der Waals surface area contributed by atoms with E-state index in [0.29, 0.717) is 12.0 Å². The number of aliphatic carboxylic acids is 1. The molecule has 0 aliphatic heterocycles. The monoisotopic (exact) mass is 312 g/mol. The highest BCUT2D eigenvalue weighted by Gasteiger charge is 2.24. The van der Waals surface area contributed by atoms with Crippen LogP contribution in [0.3, 0.4) is 0 Å². The van der Waals surface area contributed by atoms with Gasteiger partial charge in [-0.3, -0.25) is 9.59 Å². The van der Waals surface area contributed by atoms with Crippen molar-refractivity contribution < 1.29 is 23.5 Å². The molecular formula is C17H22F2O3. The zero-order valence-electron chi connectivity index (χ0n) is 13.1. The van der Waals surface area contributed by atoms with E-state index in [2.05, 4.69) is 0 Å². The normalized spacial score (nSPS) is 13.2. The van der Waals surface area contributed by atoms with Crippen LogP contribution in [0.4, 0.5) is 8.78 Å². The number of alkyl halides is 2. The summed E-state index contributed by atoms with van der Waals surface area (Å²) in [4.78, 5) is 23.1. The van der Waals surface area contributed by atoms with Gasteiger partial charge in [0.05, 0.1) is 5.92 Å². The first-order valence-corrected chi connectivity index (χ1v) is 7.31. The van der Waals surface area contributed by atoms with Gasteiger partial charge in [0.25, 0.3) is 5.92 Å². The lowest BCUT2D eigenvalue weighted by atomic mass is 9.91. The van der Waals surface area contributed by atoms with E-state index in [1.807, 2.05) is 13.8 Å². The summed E-state index contributed by atoms with van der Waals surface area (Å²) in [5.74, 6) is -4.56. The maximum atomic E-state index is 13.1. The van der Waals surface area contributed by atoms with Gasteiger partial charge >= 0.3 is 5.97 Å². The van der Waals surface area contributed by atoms with Gasteiger partial charge in [0.2, 0.25) is 0 Å². The number of carbonyl (C=O) groups is 2. The van der Waals surface area contributed by atoms with E-state index in [0.717, 1.165) is 6.92 Å². The Morgan fingerprint density at radius 2 is 1.73 bits per heavy atom. The SMILES string of the molecule is CC(C)CC(CC(=O)Cc1ccc(C(C)(F)F)cc1)C(=O)O. The minimum Gasteiger partial charge on any atom is -0.481 e. The molecule has 0 spiro atoms. The zero-order chi connectivity index (χ0) is 16.9. The standard InChI is InChI=1S/C17H22F2O3/c1-11(2)8-13(16(21)22)10-15(20)9-12-4-6-14(7-5-12)17(3,18)19/h4-7,11,13H,8-10H2,1-3H3,(H,21,22). The molecule has 1 aromatic rings. The summed E-state index contributed by atoms with van der Waals surface area (Å²) in [7, 11) is 0. The minimum atomic E-state index is -2.91. The molecule has 22 heavy (non-hydrogen) atoms. The largest absolute Gasteiger partial charge is 0.481 e. The Hall–Kier alpha value is -1.78. The van der Waals surface area contributed by atoms with Crippen LogP contribution in [0.2, 0.25) is 0 Å². The molecule has 5 heteroatoms. The number of hydrogen-bond acceptors (Lipinski definition) is 2. The molecule has 0 aliphatic carbocycles. The van der Waals surface area contributed by atoms with Gasteiger partial charge in [0.15, 0.2) is 0 Å². The van der Waals surface area contributed by atoms with Crippen LogP contribution in [-0.4, -0.2) is 16.9 Å². The second-order valence-electron chi connectivity index (χ2n) is 6.17. The molecule has 1 atom stereocenters. The maximum Gasteiger partial charge on any atom is 0.306 e. The number of carboxylic acids is 1. The second kappa shape index (κ2) is 7.47. The summed E-state index contributed by atoms with van der Waals surface area (Å²) in [5, 5.41) is 9.13. The van der Waals surface area contributed by atoms with Gasteiger partial charge in [-0.2, -0.15) is 0 Å². The van der Waals surface area contributed by atoms with E-state index < -0.39 is 17.8 Å². The molecule has 122 valence electrons. The van der Waals surface area contributed by atoms with E-state index in [4.69, 9.17) is 5.11 Å². The molecule has 3 nitrogen and oxygen atoms in total. The van der Waals surface area contributed by atoms with Crippen molar-refractivity contribution in [1.82, 2.24) is 0 Å². The number of Topliss-reactive ketones (excluding diaryl/α,β-unsaturated/α-hetero) is 1. The van der Waals surface area contributed by atoms with Crippen molar-refractivity contribution in [2.24, 2.45) is 11.8 Å². The van der Waals surface area contributed by atoms with Crippen LogP contribution in [0.25, 0.3) is 0 Å². The summed E-state index contributed by atoms with van der Waals surface area (Å²) in [6.45, 7) is 4.63. The van der Waals surface area contributed by atoms with Crippen molar-refractivity contribution in [2.75, 3.05) is 0 Å². The summed E-state index contributed by atoms with van der Waals surface area (Å²) in [5.41, 5.74) is 0.513. The lowest BCUT2D eigenvalue weighted by Crippen LogP contribution is -2.20. The Balaban J connectivity index is 2.66. The number of ketones is 1. The van der Waals surface area contributed by atoms with Crippen LogP contribution in [0.5, 0.6) is 0 Å². The first kappa shape index (κ1) is 18.3. The smallest absolute Gasteiger partial charge is 0.306 e. The molecule has 0 amide bonds. The van der Waals surface area contributed by atoms with Crippen molar-refractivity contribution in [1.29, 1.82) is 0 Å². The van der Waals surface area contributed by atoms with Gasteiger partial charge in [-0.25, -0.2) is 8.78 Å². The quantitative estimate of drug-likeness (QED) is 0.788. The van der Waals surface area contributed by atoms with Crippen molar-refractivity contribution in [2.45, 2.75) is 46.0 Å². The van der Waals surface area contributed by atoms with E-state index >= 15 is 0 Å². The third kappa shape index (κ3) is 5.92. The number of rotatable bonds is 8. The third-order valence-corrected chi connectivity index (χ3v) is 3.44. The molecule has 0 aromatic heterocycles. The molecule has 0 bridgehead atoms. The van der Waals surface area contributed by atoms with Gasteiger partial charge in [-0.1, -0.05) is 38.1 Å². The molecule has 0 fully saturated rings. The van der Waals surface area contributed by atoms with E-state index in [-0.39, 0.29) is 30.1 Å². The summed E-state index contributed by atoms with van der Waals surface area (Å²) in [6, 6.07) is 5.57. The van der Waals surface area contributed by atoms with Gasteiger partial charge in [-0.15, -0.1) is 0 Å². The molecule has 1 unspecified atom stereocenters. The Bertz CT molecular complexity index is 516. The number of carboxylic acid groups (broad SMARTS) is 1. The topological polar surface area (TPSA) is 54.4 Å². The molecule has 0 radical (unpaired) electrons. The Morgan fingerprint density at radius 3 is 2.14 bits per heavy atom. The van der Waals surface area contributed by atoms with Gasteiger partial charge in [0, 0.05) is 25.3 Å². The zero-order valence-corrected chi connectivity index (χ0v) is 13.1. The average molecular weight is 312 g/mol. The summed E-state index contributed by atoms with van der Waals surface area (Å²) < 4.78 is 26.2. The number of hydrogen-bond donors (Lipinski definition) is 1. The highest BCUT2D eigenvalue weighted by molar-refractivity contribution is 5.85. The first-order valence-electron chi connectivity index (χ1n) is 7.31. The van der Waals surface area contributed by atoms with Crippen LogP contribution >= 0.6 is 0 Å². The molecule has 0 saturated carbocycles. The van der Waals surface area contributed by atoms with Crippen LogP contribution in [0.1, 0.15) is 44.7 Å². The molecule has 0 aliphatic rings. The number of halogens is 2. The predicted octanol–water partition coefficient (Wildman–Crippen LogP) is 4.05. The van der Waals surface area contributed by atoms with Crippen molar-refractivity contribution >= 4 is 11.8 Å². The molecule has 1 N–H and O–H groups in total. The molecular weight excluding hydrogens is 290 g/mol. The van der Waals surface area contributed by atoms with Gasteiger partial charge < -0.3 is 5.11 Å². The molecule has 0 heterocycles. The molecule has 0 saturated heterocycles. The van der Waals surface area contributed by atoms with Crippen LogP contribution in [0.15, 0.2) is 24.3 Å². The first-order chi connectivity index (χ1) is 10.1. The minimum absolute atomic E-state index is 0.0286. The van der Waals surface area contributed by atoms with Crippen molar-refractivity contribution in [3.8, 4) is 0 Å². The van der Waals surface area contributed by atoms with Crippen LogP contribution < -0.4 is 0 Å². The number of carbonyl (C=O) groups excluding carboxylic acids is 1. The third-order valence-electron chi connectivity index (χ3n) is 3.44. The fourth-order valence-electron chi connectivity index (χ4n) is 2.33. The van der Waals surface area contributed by atoms with Crippen molar-refractivity contribution in [3.05, 3.63) is 35.4 Å². The highest BCUT2D eigenvalue weighted by atomic mass is 19.3. The Morgan fingerprint density at radius 1 is 1.18 bits per heavy atom.